The van der Waals surface area contributed by atoms with Crippen molar-refractivity contribution in [2.75, 3.05) is 27.2 Å². The molecule has 130 valence electrons. The number of sulfonamides is 1. The van der Waals surface area contributed by atoms with Crippen LogP contribution in [0.15, 0.2) is 27.5 Å². The van der Waals surface area contributed by atoms with Gasteiger partial charge in [-0.3, -0.25) is 4.79 Å². The number of nitrogens with zero attached hydrogens (tertiary/aromatic N) is 2. The Hall–Kier alpha value is -1.86. The monoisotopic (exact) mass is 350 g/mol. The second kappa shape index (κ2) is 6.22. The molecule has 0 bridgehead atoms. The lowest BCUT2D eigenvalue weighted by Crippen LogP contribution is -2.35. The molecule has 0 radical (unpaired) electrons. The van der Waals surface area contributed by atoms with Crippen LogP contribution in [0.5, 0.6) is 0 Å². The number of hydrogen-bond donors (Lipinski definition) is 0. The highest BCUT2D eigenvalue weighted by atomic mass is 32.2. The number of fused-ring (bicyclic) bond motifs is 1. The Morgan fingerprint density at radius 1 is 1.17 bits per heavy atom. The first-order valence-electron chi connectivity index (χ1n) is 8.07. The largest absolute Gasteiger partial charge is 0.451 e. The van der Waals surface area contributed by atoms with Crippen molar-refractivity contribution >= 4 is 26.9 Å². The van der Waals surface area contributed by atoms with Crippen LogP contribution in [-0.2, 0) is 10.0 Å². The molecule has 6 nitrogen and oxygen atoms in total. The van der Waals surface area contributed by atoms with Crippen LogP contribution < -0.4 is 0 Å². The van der Waals surface area contributed by atoms with Crippen LogP contribution in [0.4, 0.5) is 0 Å². The molecule has 0 aliphatic carbocycles. The maximum absolute atomic E-state index is 12.8. The van der Waals surface area contributed by atoms with Crippen LogP contribution in [0.2, 0.25) is 0 Å². The third-order valence-electron chi connectivity index (χ3n) is 4.46. The van der Waals surface area contributed by atoms with E-state index in [0.717, 1.165) is 19.3 Å². The number of piperidine rings is 1. The van der Waals surface area contributed by atoms with E-state index in [2.05, 4.69) is 0 Å². The summed E-state index contributed by atoms with van der Waals surface area (Å²) in [5.74, 6) is 0.0201. The average Bonchev–Trinajstić information content (AvgIpc) is 2.91. The fourth-order valence-electron chi connectivity index (χ4n) is 3.02. The van der Waals surface area contributed by atoms with Gasteiger partial charge in [-0.2, -0.15) is 4.31 Å². The van der Waals surface area contributed by atoms with Gasteiger partial charge in [0.25, 0.3) is 5.91 Å². The highest BCUT2D eigenvalue weighted by molar-refractivity contribution is 7.89. The molecule has 1 aromatic heterocycles. The van der Waals surface area contributed by atoms with Crippen molar-refractivity contribution in [1.29, 1.82) is 0 Å². The van der Waals surface area contributed by atoms with E-state index >= 15 is 0 Å². The van der Waals surface area contributed by atoms with Gasteiger partial charge >= 0.3 is 0 Å². The van der Waals surface area contributed by atoms with Gasteiger partial charge in [-0.15, -0.1) is 0 Å². The molecule has 1 aliphatic rings. The first-order chi connectivity index (χ1) is 11.3. The van der Waals surface area contributed by atoms with Crippen molar-refractivity contribution in [2.45, 2.75) is 31.1 Å². The van der Waals surface area contributed by atoms with Crippen LogP contribution in [-0.4, -0.2) is 50.7 Å². The van der Waals surface area contributed by atoms with E-state index in [4.69, 9.17) is 4.42 Å². The van der Waals surface area contributed by atoms with Gasteiger partial charge in [0.15, 0.2) is 5.76 Å². The summed E-state index contributed by atoms with van der Waals surface area (Å²) in [5, 5.41) is 0.665. The second-order valence-electron chi connectivity index (χ2n) is 6.38. The minimum absolute atomic E-state index is 0.232. The summed E-state index contributed by atoms with van der Waals surface area (Å²) in [7, 11) is -0.193. The molecule has 1 fully saturated rings. The van der Waals surface area contributed by atoms with Crippen molar-refractivity contribution in [3.05, 3.63) is 29.5 Å². The number of furan rings is 1. The normalized spacial score (nSPS) is 16.5. The number of carbonyl (C=O) groups is 1. The van der Waals surface area contributed by atoms with Crippen LogP contribution in [0.3, 0.4) is 0 Å². The predicted molar refractivity (Wildman–Crippen MR) is 91.6 cm³/mol. The Kier molecular flexibility index (Phi) is 4.40. The fraction of sp³-hybridized carbons (Fsp3) is 0.471. The lowest BCUT2D eigenvalue weighted by molar-refractivity contribution is 0.0798. The SMILES string of the molecule is Cc1c(C(=O)N(C)C)oc2ccc(S(=O)(=O)N3CCCCC3)cc12. The first kappa shape index (κ1) is 17.0. The minimum Gasteiger partial charge on any atom is -0.451 e. The molecule has 0 spiro atoms. The molecule has 1 aromatic carbocycles. The summed E-state index contributed by atoms with van der Waals surface area (Å²) >= 11 is 0. The van der Waals surface area contributed by atoms with E-state index in [1.807, 2.05) is 0 Å². The van der Waals surface area contributed by atoms with E-state index in [0.29, 0.717) is 29.6 Å². The van der Waals surface area contributed by atoms with E-state index in [-0.39, 0.29) is 16.6 Å². The molecule has 1 aliphatic heterocycles. The molecule has 1 saturated heterocycles. The molecule has 24 heavy (non-hydrogen) atoms. The summed E-state index contributed by atoms with van der Waals surface area (Å²) in [6.45, 7) is 2.91. The van der Waals surface area contributed by atoms with Crippen LogP contribution in [0, 0.1) is 6.92 Å². The molecular weight excluding hydrogens is 328 g/mol. The van der Waals surface area contributed by atoms with Crippen molar-refractivity contribution in [2.24, 2.45) is 0 Å². The predicted octanol–water partition coefficient (Wildman–Crippen LogP) is 2.62. The first-order valence-corrected chi connectivity index (χ1v) is 9.51. The number of carbonyl (C=O) groups excluding carboxylic acids is 1. The molecule has 7 heteroatoms. The zero-order chi connectivity index (χ0) is 17.5. The van der Waals surface area contributed by atoms with Gasteiger partial charge in [-0.25, -0.2) is 8.42 Å². The quantitative estimate of drug-likeness (QED) is 0.853. The van der Waals surface area contributed by atoms with Crippen LogP contribution in [0.25, 0.3) is 11.0 Å². The zero-order valence-corrected chi connectivity index (χ0v) is 15.0. The molecular formula is C17H22N2O4S. The lowest BCUT2D eigenvalue weighted by Gasteiger charge is -2.25. The Labute approximate surface area is 142 Å². The number of hydrogen-bond acceptors (Lipinski definition) is 4. The summed E-state index contributed by atoms with van der Waals surface area (Å²) < 4.78 is 32.8. The molecule has 0 atom stereocenters. The number of amides is 1. The van der Waals surface area contributed by atoms with Crippen molar-refractivity contribution < 1.29 is 17.6 Å². The molecule has 0 N–H and O–H groups in total. The number of aryl methyl sites for hydroxylation is 1. The van der Waals surface area contributed by atoms with Gasteiger partial charge in [0.2, 0.25) is 10.0 Å². The molecule has 0 saturated carbocycles. The summed E-state index contributed by atoms with van der Waals surface area (Å²) in [6, 6.07) is 4.80. The maximum Gasteiger partial charge on any atom is 0.289 e. The van der Waals surface area contributed by atoms with Gasteiger partial charge in [0, 0.05) is 38.1 Å². The van der Waals surface area contributed by atoms with E-state index in [9.17, 15) is 13.2 Å². The summed E-state index contributed by atoms with van der Waals surface area (Å²) in [4.78, 5) is 13.9. The van der Waals surface area contributed by atoms with Gasteiger partial charge in [0.05, 0.1) is 4.90 Å². The maximum atomic E-state index is 12.8. The average molecular weight is 350 g/mol. The topological polar surface area (TPSA) is 70.8 Å². The standard InChI is InChI=1S/C17H22N2O4S/c1-12-14-11-13(24(21,22)19-9-5-4-6-10-19)7-8-15(14)23-16(12)17(20)18(2)3/h7-8,11H,4-6,9-10H2,1-3H3. The van der Waals surface area contributed by atoms with Gasteiger partial charge in [-0.1, -0.05) is 6.42 Å². The highest BCUT2D eigenvalue weighted by Gasteiger charge is 2.27. The van der Waals surface area contributed by atoms with Crippen LogP contribution in [0.1, 0.15) is 35.4 Å². The van der Waals surface area contributed by atoms with Gasteiger partial charge in [-0.05, 0) is 38.0 Å². The van der Waals surface area contributed by atoms with Crippen molar-refractivity contribution in [3.8, 4) is 0 Å². The molecule has 1 amide bonds. The number of rotatable bonds is 3. The van der Waals surface area contributed by atoms with E-state index < -0.39 is 10.0 Å². The van der Waals surface area contributed by atoms with Gasteiger partial charge in [0.1, 0.15) is 5.58 Å². The lowest BCUT2D eigenvalue weighted by atomic mass is 10.1. The Bertz CT molecular complexity index is 877. The Morgan fingerprint density at radius 3 is 2.46 bits per heavy atom. The molecule has 3 rings (SSSR count). The molecule has 0 unspecified atom stereocenters. The minimum atomic E-state index is -3.50. The number of benzene rings is 1. The van der Waals surface area contributed by atoms with E-state index in [1.165, 1.54) is 4.90 Å². The fourth-order valence-corrected chi connectivity index (χ4v) is 4.57. The smallest absolute Gasteiger partial charge is 0.289 e. The van der Waals surface area contributed by atoms with E-state index in [1.54, 1.807) is 43.5 Å². The zero-order valence-electron chi connectivity index (χ0n) is 14.2. The Balaban J connectivity index is 2.05. The summed E-state index contributed by atoms with van der Waals surface area (Å²) in [5.41, 5.74) is 1.19. The van der Waals surface area contributed by atoms with Crippen molar-refractivity contribution in [3.63, 3.8) is 0 Å². The molecule has 2 heterocycles. The van der Waals surface area contributed by atoms with Gasteiger partial charge < -0.3 is 9.32 Å². The van der Waals surface area contributed by atoms with Crippen LogP contribution >= 0.6 is 0 Å². The Morgan fingerprint density at radius 2 is 1.83 bits per heavy atom. The third kappa shape index (κ3) is 2.82. The van der Waals surface area contributed by atoms with Crippen molar-refractivity contribution in [1.82, 2.24) is 9.21 Å². The second-order valence-corrected chi connectivity index (χ2v) is 8.32. The highest BCUT2D eigenvalue weighted by Crippen LogP contribution is 2.30. The summed E-state index contributed by atoms with van der Waals surface area (Å²) in [6.07, 6.45) is 2.86. The third-order valence-corrected chi connectivity index (χ3v) is 6.36. The molecule has 2 aromatic rings.